The molecule has 5 heteroatoms. The summed E-state index contributed by atoms with van der Waals surface area (Å²) in [6.45, 7) is 4.04. The molecule has 4 nitrogen and oxygen atoms in total. The maximum absolute atomic E-state index is 13.1. The van der Waals surface area contributed by atoms with Crippen LogP contribution in [0, 0.1) is 30.1 Å². The van der Waals surface area contributed by atoms with Crippen LogP contribution in [0.15, 0.2) is 23.1 Å². The average molecular weight is 390 g/mol. The summed E-state index contributed by atoms with van der Waals surface area (Å²) in [5.41, 5.74) is 1.56. The van der Waals surface area contributed by atoms with Crippen molar-refractivity contribution in [3.05, 3.63) is 29.3 Å². The maximum atomic E-state index is 13.1. The Balaban J connectivity index is 1.59. The normalized spacial score (nSPS) is 33.1. The van der Waals surface area contributed by atoms with Crippen LogP contribution >= 0.6 is 0 Å². The molecular formula is C22H31NO3S. The highest BCUT2D eigenvalue weighted by molar-refractivity contribution is 7.90. The van der Waals surface area contributed by atoms with E-state index in [0.717, 1.165) is 29.7 Å². The summed E-state index contributed by atoms with van der Waals surface area (Å²) in [5.74, 6) is 2.41. The average Bonchev–Trinajstić information content (AvgIpc) is 2.57. The summed E-state index contributed by atoms with van der Waals surface area (Å²) in [6, 6.07) is 5.03. The van der Waals surface area contributed by atoms with Crippen molar-refractivity contribution in [1.82, 2.24) is 5.32 Å². The Labute approximate surface area is 163 Å². The van der Waals surface area contributed by atoms with Crippen LogP contribution < -0.4 is 5.32 Å². The fourth-order valence-electron chi connectivity index (χ4n) is 6.60. The Morgan fingerprint density at radius 2 is 1.70 bits per heavy atom. The van der Waals surface area contributed by atoms with Crippen LogP contribution in [0.1, 0.15) is 67.8 Å². The molecule has 1 aromatic rings. The van der Waals surface area contributed by atoms with Gasteiger partial charge in [0.2, 0.25) is 0 Å². The van der Waals surface area contributed by atoms with E-state index in [0.29, 0.717) is 5.56 Å². The predicted molar refractivity (Wildman–Crippen MR) is 106 cm³/mol. The van der Waals surface area contributed by atoms with E-state index < -0.39 is 9.84 Å². The van der Waals surface area contributed by atoms with Crippen LogP contribution in [0.5, 0.6) is 0 Å². The van der Waals surface area contributed by atoms with Gasteiger partial charge < -0.3 is 5.32 Å². The van der Waals surface area contributed by atoms with Crippen molar-refractivity contribution >= 4 is 15.7 Å². The molecule has 4 aliphatic carbocycles. The molecule has 27 heavy (non-hydrogen) atoms. The van der Waals surface area contributed by atoms with E-state index in [2.05, 4.69) is 12.2 Å². The highest BCUT2D eigenvalue weighted by Gasteiger charge is 2.54. The van der Waals surface area contributed by atoms with E-state index in [-0.39, 0.29) is 22.3 Å². The molecule has 0 unspecified atom stereocenters. The Morgan fingerprint density at radius 1 is 1.15 bits per heavy atom. The summed E-state index contributed by atoms with van der Waals surface area (Å²) in [7, 11) is -3.33. The third-order valence-electron chi connectivity index (χ3n) is 7.42. The van der Waals surface area contributed by atoms with Crippen LogP contribution in [-0.4, -0.2) is 26.6 Å². The van der Waals surface area contributed by atoms with Gasteiger partial charge in [0.05, 0.1) is 4.90 Å². The summed E-state index contributed by atoms with van der Waals surface area (Å²) in [6.07, 6.45) is 10.0. The number of carbonyl (C=O) groups excluding carboxylic acids is 1. The number of hydrogen-bond donors (Lipinski definition) is 1. The van der Waals surface area contributed by atoms with Gasteiger partial charge in [0, 0.05) is 17.9 Å². The smallest absolute Gasteiger partial charge is 0.251 e. The van der Waals surface area contributed by atoms with Crippen molar-refractivity contribution in [2.24, 2.45) is 23.2 Å². The summed E-state index contributed by atoms with van der Waals surface area (Å²) in [4.78, 5) is 13.3. The van der Waals surface area contributed by atoms with Gasteiger partial charge in [0.15, 0.2) is 9.84 Å². The number of sulfone groups is 1. The van der Waals surface area contributed by atoms with E-state index in [1.165, 1.54) is 50.8 Å². The lowest BCUT2D eigenvalue weighted by Crippen LogP contribution is -2.56. The second-order valence-electron chi connectivity index (χ2n) is 9.46. The summed E-state index contributed by atoms with van der Waals surface area (Å²) in [5, 5.41) is 3.33. The molecule has 148 valence electrons. The first-order chi connectivity index (χ1) is 12.7. The molecule has 4 bridgehead atoms. The van der Waals surface area contributed by atoms with Crippen molar-refractivity contribution in [2.75, 3.05) is 6.26 Å². The Bertz CT molecular complexity index is 823. The van der Waals surface area contributed by atoms with Crippen molar-refractivity contribution in [2.45, 2.75) is 69.7 Å². The fraction of sp³-hybridized carbons (Fsp3) is 0.682. The lowest BCUT2D eigenvalue weighted by atomic mass is 9.47. The number of rotatable bonds is 5. The summed E-state index contributed by atoms with van der Waals surface area (Å²) < 4.78 is 23.8. The quantitative estimate of drug-likeness (QED) is 0.824. The van der Waals surface area contributed by atoms with Gasteiger partial charge in [0.25, 0.3) is 5.91 Å². The SMILES string of the molecule is CC[C@H](NC(=O)c1cc(S(C)(=O)=O)ccc1C)C12CC3CC(CC(C3)C1)C2. The van der Waals surface area contributed by atoms with Crippen molar-refractivity contribution in [1.29, 1.82) is 0 Å². The lowest BCUT2D eigenvalue weighted by molar-refractivity contribution is -0.0727. The topological polar surface area (TPSA) is 63.2 Å². The molecule has 4 saturated carbocycles. The Kier molecular flexibility index (Phi) is 4.65. The highest BCUT2D eigenvalue weighted by Crippen LogP contribution is 2.61. The lowest BCUT2D eigenvalue weighted by Gasteiger charge is -2.59. The first-order valence-corrected chi connectivity index (χ1v) is 12.2. The number of nitrogens with one attached hydrogen (secondary N) is 1. The van der Waals surface area contributed by atoms with Crippen molar-refractivity contribution in [3.8, 4) is 0 Å². The van der Waals surface area contributed by atoms with Crippen LogP contribution in [0.2, 0.25) is 0 Å². The van der Waals surface area contributed by atoms with E-state index in [9.17, 15) is 13.2 Å². The molecule has 0 aromatic heterocycles. The second-order valence-corrected chi connectivity index (χ2v) is 11.5. The summed E-state index contributed by atoms with van der Waals surface area (Å²) >= 11 is 0. The van der Waals surface area contributed by atoms with E-state index in [4.69, 9.17) is 0 Å². The molecule has 0 heterocycles. The van der Waals surface area contributed by atoms with Crippen LogP contribution in [0.4, 0.5) is 0 Å². The van der Waals surface area contributed by atoms with Crippen LogP contribution in [0.3, 0.4) is 0 Å². The van der Waals surface area contributed by atoms with Gasteiger partial charge >= 0.3 is 0 Å². The molecule has 0 aliphatic heterocycles. The monoisotopic (exact) mass is 389 g/mol. The van der Waals surface area contributed by atoms with Crippen LogP contribution in [0.25, 0.3) is 0 Å². The largest absolute Gasteiger partial charge is 0.349 e. The van der Waals surface area contributed by atoms with Gasteiger partial charge in [-0.3, -0.25) is 4.79 Å². The zero-order chi connectivity index (χ0) is 19.4. The first-order valence-electron chi connectivity index (χ1n) is 10.3. The van der Waals surface area contributed by atoms with E-state index >= 15 is 0 Å². The molecule has 5 rings (SSSR count). The molecule has 1 N–H and O–H groups in total. The molecule has 1 aromatic carbocycles. The first kappa shape index (κ1) is 19.0. The molecule has 4 fully saturated rings. The van der Waals surface area contributed by atoms with Gasteiger partial charge in [-0.1, -0.05) is 13.0 Å². The molecular weight excluding hydrogens is 358 g/mol. The maximum Gasteiger partial charge on any atom is 0.251 e. The van der Waals surface area contributed by atoms with E-state index in [1.54, 1.807) is 12.1 Å². The number of aryl methyl sites for hydroxylation is 1. The minimum Gasteiger partial charge on any atom is -0.349 e. The zero-order valence-corrected chi connectivity index (χ0v) is 17.4. The number of benzene rings is 1. The third kappa shape index (κ3) is 3.43. The van der Waals surface area contributed by atoms with E-state index in [1.807, 2.05) is 6.92 Å². The Morgan fingerprint density at radius 3 is 2.19 bits per heavy atom. The van der Waals surface area contributed by atoms with Crippen LogP contribution in [-0.2, 0) is 9.84 Å². The van der Waals surface area contributed by atoms with Crippen molar-refractivity contribution in [3.63, 3.8) is 0 Å². The Hall–Kier alpha value is -1.36. The molecule has 0 spiro atoms. The molecule has 0 radical (unpaired) electrons. The van der Waals surface area contributed by atoms with Gasteiger partial charge in [-0.25, -0.2) is 8.42 Å². The fourth-order valence-corrected chi connectivity index (χ4v) is 7.25. The van der Waals surface area contributed by atoms with Gasteiger partial charge in [-0.05, 0) is 92.7 Å². The van der Waals surface area contributed by atoms with Gasteiger partial charge in [0.1, 0.15) is 0 Å². The molecule has 1 amide bonds. The molecule has 1 atom stereocenters. The third-order valence-corrected chi connectivity index (χ3v) is 8.53. The minimum atomic E-state index is -3.33. The number of hydrogen-bond acceptors (Lipinski definition) is 3. The zero-order valence-electron chi connectivity index (χ0n) is 16.6. The predicted octanol–water partition coefficient (Wildman–Crippen LogP) is 4.12. The number of amides is 1. The molecule has 0 saturated heterocycles. The molecule has 4 aliphatic rings. The highest BCUT2D eigenvalue weighted by atomic mass is 32.2. The van der Waals surface area contributed by atoms with Gasteiger partial charge in [-0.2, -0.15) is 0 Å². The minimum absolute atomic E-state index is 0.124. The van der Waals surface area contributed by atoms with Gasteiger partial charge in [-0.15, -0.1) is 0 Å². The van der Waals surface area contributed by atoms with Crippen molar-refractivity contribution < 1.29 is 13.2 Å². The number of carbonyl (C=O) groups is 1. The standard InChI is InChI=1S/C22H31NO3S/c1-4-20(22-11-15-7-16(12-22)9-17(8-15)13-22)23-21(24)19-10-18(27(3,25)26)6-5-14(19)2/h5-6,10,15-17,20H,4,7-9,11-13H2,1-3H3,(H,23,24)/t15?,16?,17?,20-,22?/m0/s1. The second kappa shape index (κ2) is 6.61.